The summed E-state index contributed by atoms with van der Waals surface area (Å²) in [5, 5.41) is 0. The largest absolute Gasteiger partial charge is 0.303 e. The number of hydrogen-bond donors (Lipinski definition) is 0. The van der Waals surface area contributed by atoms with Crippen molar-refractivity contribution in [2.45, 2.75) is 6.42 Å². The molecule has 0 bridgehead atoms. The van der Waals surface area contributed by atoms with Crippen molar-refractivity contribution in [3.05, 3.63) is 72.4 Å². The maximum atomic E-state index is 11.2. The zero-order valence-electron chi connectivity index (χ0n) is 9.70. The predicted molar refractivity (Wildman–Crippen MR) is 70.6 cm³/mol. The lowest BCUT2D eigenvalue weighted by Crippen LogP contribution is -2.15. The van der Waals surface area contributed by atoms with Crippen LogP contribution in [0.1, 0.15) is 5.56 Å². The summed E-state index contributed by atoms with van der Waals surface area (Å²) in [5.41, 5.74) is 1.21. The SMILES string of the molecule is O=CC(Cc1ccccc1)C1C=CC=CC=C1. The van der Waals surface area contributed by atoms with Crippen LogP contribution in [0.3, 0.4) is 0 Å². The molecule has 17 heavy (non-hydrogen) atoms. The van der Waals surface area contributed by atoms with Gasteiger partial charge in [-0.25, -0.2) is 0 Å². The van der Waals surface area contributed by atoms with E-state index < -0.39 is 0 Å². The number of hydrogen-bond acceptors (Lipinski definition) is 1. The maximum absolute atomic E-state index is 11.2. The van der Waals surface area contributed by atoms with Crippen LogP contribution < -0.4 is 0 Å². The highest BCUT2D eigenvalue weighted by Gasteiger charge is 2.16. The Kier molecular flexibility index (Phi) is 4.09. The fourth-order valence-corrected chi connectivity index (χ4v) is 2.02. The smallest absolute Gasteiger partial charge is 0.124 e. The number of benzene rings is 1. The number of aldehydes is 1. The molecule has 1 aromatic rings. The summed E-state index contributed by atoms with van der Waals surface area (Å²) in [5.74, 6) is 0.215. The Labute approximate surface area is 102 Å². The fourth-order valence-electron chi connectivity index (χ4n) is 2.02. The van der Waals surface area contributed by atoms with Crippen molar-refractivity contribution in [1.29, 1.82) is 0 Å². The summed E-state index contributed by atoms with van der Waals surface area (Å²) >= 11 is 0. The van der Waals surface area contributed by atoms with Crippen LogP contribution in [0.15, 0.2) is 66.8 Å². The van der Waals surface area contributed by atoms with Gasteiger partial charge in [-0.05, 0) is 12.0 Å². The Balaban J connectivity index is 2.09. The molecule has 0 radical (unpaired) electrons. The van der Waals surface area contributed by atoms with E-state index in [1.165, 1.54) is 5.56 Å². The van der Waals surface area contributed by atoms with Crippen LogP contribution in [0.2, 0.25) is 0 Å². The van der Waals surface area contributed by atoms with Gasteiger partial charge in [-0.15, -0.1) is 0 Å². The molecular formula is C16H16O. The van der Waals surface area contributed by atoms with Gasteiger partial charge in [-0.3, -0.25) is 0 Å². The van der Waals surface area contributed by atoms with E-state index in [1.54, 1.807) is 0 Å². The van der Waals surface area contributed by atoms with Gasteiger partial charge >= 0.3 is 0 Å². The molecule has 86 valence electrons. The summed E-state index contributed by atoms with van der Waals surface area (Å²) in [7, 11) is 0. The summed E-state index contributed by atoms with van der Waals surface area (Å²) in [4.78, 5) is 11.2. The van der Waals surface area contributed by atoms with Crippen molar-refractivity contribution < 1.29 is 4.79 Å². The van der Waals surface area contributed by atoms with Crippen molar-refractivity contribution in [2.24, 2.45) is 11.8 Å². The van der Waals surface area contributed by atoms with Crippen molar-refractivity contribution in [3.63, 3.8) is 0 Å². The van der Waals surface area contributed by atoms with Crippen molar-refractivity contribution >= 4 is 6.29 Å². The minimum Gasteiger partial charge on any atom is -0.303 e. The molecule has 1 aliphatic rings. The summed E-state index contributed by atoms with van der Waals surface area (Å²) < 4.78 is 0. The zero-order valence-corrected chi connectivity index (χ0v) is 9.70. The minimum atomic E-state index is 0.0183. The fraction of sp³-hybridized carbons (Fsp3) is 0.188. The predicted octanol–water partition coefficient (Wildman–Crippen LogP) is 3.34. The van der Waals surface area contributed by atoms with Crippen molar-refractivity contribution in [3.8, 4) is 0 Å². The first kappa shape index (κ1) is 11.6. The van der Waals surface area contributed by atoms with E-state index >= 15 is 0 Å². The molecule has 0 amide bonds. The first-order valence-corrected chi connectivity index (χ1v) is 5.91. The van der Waals surface area contributed by atoms with Crippen LogP contribution in [-0.2, 0) is 11.2 Å². The Morgan fingerprint density at radius 3 is 2.24 bits per heavy atom. The molecule has 1 nitrogen and oxygen atoms in total. The minimum absolute atomic E-state index is 0.0183. The van der Waals surface area contributed by atoms with Gasteiger partial charge in [-0.1, -0.05) is 66.8 Å². The third-order valence-corrected chi connectivity index (χ3v) is 2.98. The van der Waals surface area contributed by atoms with Crippen LogP contribution in [0.5, 0.6) is 0 Å². The second kappa shape index (κ2) is 6.00. The second-order valence-electron chi connectivity index (χ2n) is 4.22. The first-order chi connectivity index (χ1) is 8.40. The molecule has 1 aromatic carbocycles. The lowest BCUT2D eigenvalue weighted by Gasteiger charge is -2.16. The number of carbonyl (C=O) groups excluding carboxylic acids is 1. The van der Waals surface area contributed by atoms with Crippen LogP contribution in [0.4, 0.5) is 0 Å². The number of rotatable bonds is 4. The molecule has 1 heteroatoms. The van der Waals surface area contributed by atoms with E-state index in [4.69, 9.17) is 0 Å². The highest BCUT2D eigenvalue weighted by molar-refractivity contribution is 5.56. The first-order valence-electron chi connectivity index (χ1n) is 5.91. The molecule has 0 N–H and O–H groups in total. The highest BCUT2D eigenvalue weighted by atomic mass is 16.1. The van der Waals surface area contributed by atoms with Crippen LogP contribution in [-0.4, -0.2) is 6.29 Å². The normalized spacial score (nSPS) is 16.7. The Morgan fingerprint density at radius 1 is 1.00 bits per heavy atom. The molecule has 0 aliphatic heterocycles. The van der Waals surface area contributed by atoms with E-state index in [1.807, 2.05) is 42.5 Å². The topological polar surface area (TPSA) is 17.1 Å². The molecule has 0 aromatic heterocycles. The third-order valence-electron chi connectivity index (χ3n) is 2.98. The summed E-state index contributed by atoms with van der Waals surface area (Å²) in [6.45, 7) is 0. The standard InChI is InChI=1S/C16H16O/c17-13-16(12-14-8-4-3-5-9-14)15-10-6-1-2-7-11-15/h1-11,13,15-16H,12H2. The van der Waals surface area contributed by atoms with E-state index in [-0.39, 0.29) is 11.8 Å². The summed E-state index contributed by atoms with van der Waals surface area (Å²) in [6.07, 6.45) is 14.0. The van der Waals surface area contributed by atoms with Gasteiger partial charge in [0.15, 0.2) is 0 Å². The molecule has 1 atom stereocenters. The Bertz CT molecular complexity index is 424. The molecule has 0 fully saturated rings. The van der Waals surface area contributed by atoms with Gasteiger partial charge in [0.25, 0.3) is 0 Å². The second-order valence-corrected chi connectivity index (χ2v) is 4.22. The van der Waals surface area contributed by atoms with Gasteiger partial charge in [0.2, 0.25) is 0 Å². The molecule has 0 heterocycles. The highest BCUT2D eigenvalue weighted by Crippen LogP contribution is 2.20. The molecule has 1 aliphatic carbocycles. The van der Waals surface area contributed by atoms with Gasteiger partial charge in [0.05, 0.1) is 0 Å². The summed E-state index contributed by atoms with van der Waals surface area (Å²) in [6, 6.07) is 10.2. The van der Waals surface area contributed by atoms with E-state index in [0.717, 1.165) is 12.7 Å². The quantitative estimate of drug-likeness (QED) is 0.717. The van der Waals surface area contributed by atoms with E-state index in [2.05, 4.69) is 24.3 Å². The van der Waals surface area contributed by atoms with E-state index in [9.17, 15) is 4.79 Å². The number of allylic oxidation sites excluding steroid dienone is 6. The number of carbonyl (C=O) groups is 1. The van der Waals surface area contributed by atoms with Gasteiger partial charge in [-0.2, -0.15) is 0 Å². The van der Waals surface area contributed by atoms with E-state index in [0.29, 0.717) is 0 Å². The van der Waals surface area contributed by atoms with Gasteiger partial charge in [0, 0.05) is 11.8 Å². The Hall–Kier alpha value is -1.89. The lowest BCUT2D eigenvalue weighted by atomic mass is 9.87. The van der Waals surface area contributed by atoms with Gasteiger partial charge < -0.3 is 4.79 Å². The molecule has 0 saturated heterocycles. The lowest BCUT2D eigenvalue weighted by molar-refractivity contribution is -0.111. The van der Waals surface area contributed by atoms with Crippen LogP contribution in [0, 0.1) is 11.8 Å². The average Bonchev–Trinajstić information content (AvgIpc) is 2.66. The Morgan fingerprint density at radius 2 is 1.65 bits per heavy atom. The maximum Gasteiger partial charge on any atom is 0.124 e. The molecule has 0 spiro atoms. The van der Waals surface area contributed by atoms with Crippen LogP contribution >= 0.6 is 0 Å². The van der Waals surface area contributed by atoms with Crippen molar-refractivity contribution in [1.82, 2.24) is 0 Å². The molecule has 0 saturated carbocycles. The average molecular weight is 224 g/mol. The molecular weight excluding hydrogens is 208 g/mol. The van der Waals surface area contributed by atoms with Crippen LogP contribution in [0.25, 0.3) is 0 Å². The van der Waals surface area contributed by atoms with Crippen molar-refractivity contribution in [2.75, 3.05) is 0 Å². The van der Waals surface area contributed by atoms with Gasteiger partial charge in [0.1, 0.15) is 6.29 Å². The third kappa shape index (κ3) is 3.28. The molecule has 2 rings (SSSR count). The monoisotopic (exact) mass is 224 g/mol. The molecule has 1 unspecified atom stereocenters. The zero-order chi connectivity index (χ0) is 11.9.